The first-order valence-electron chi connectivity index (χ1n) is 9.44. The van der Waals surface area contributed by atoms with Crippen molar-refractivity contribution in [2.45, 2.75) is 33.1 Å². The van der Waals surface area contributed by atoms with Crippen LogP contribution >= 0.6 is 11.6 Å². The maximum atomic E-state index is 10.8. The van der Waals surface area contributed by atoms with E-state index in [-0.39, 0.29) is 6.42 Å². The molecule has 28 heavy (non-hydrogen) atoms. The molecule has 0 aliphatic carbocycles. The van der Waals surface area contributed by atoms with E-state index in [4.69, 9.17) is 26.2 Å². The van der Waals surface area contributed by atoms with Crippen molar-refractivity contribution in [2.24, 2.45) is 0 Å². The van der Waals surface area contributed by atoms with E-state index in [9.17, 15) is 4.79 Å². The average Bonchev–Trinajstić information content (AvgIpc) is 2.69. The molecule has 0 spiro atoms. The molecule has 2 aromatic carbocycles. The number of aliphatic carboxylic acids is 1. The van der Waals surface area contributed by atoms with Crippen LogP contribution < -0.4 is 4.74 Å². The molecule has 0 saturated carbocycles. The van der Waals surface area contributed by atoms with Gasteiger partial charge in [0.05, 0.1) is 13.2 Å². The quantitative estimate of drug-likeness (QED) is 0.691. The Kier molecular flexibility index (Phi) is 6.76. The molecule has 0 atom stereocenters. The van der Waals surface area contributed by atoms with Crippen molar-refractivity contribution in [3.8, 4) is 5.75 Å². The number of benzene rings is 2. The largest absolute Gasteiger partial charge is 0.489 e. The van der Waals surface area contributed by atoms with Gasteiger partial charge in [-0.05, 0) is 78.3 Å². The molecule has 0 radical (unpaired) electrons. The standard InChI is InChI=1S/C23H25ClO4/c1-15-16(2)22(9-5-17(15)6-10-23(25)26)28-14-19-13-27-12-11-21(19)18-3-7-20(24)8-4-18/h3-5,7-9H,6,10-14H2,1-2H3,(H,25,26). The zero-order chi connectivity index (χ0) is 20.1. The number of carbonyl (C=O) groups is 1. The van der Waals surface area contributed by atoms with E-state index in [0.29, 0.717) is 26.2 Å². The molecular formula is C23H25ClO4. The molecule has 1 aliphatic heterocycles. The minimum Gasteiger partial charge on any atom is -0.489 e. The number of halogens is 1. The van der Waals surface area contributed by atoms with Gasteiger partial charge < -0.3 is 14.6 Å². The fourth-order valence-corrected chi connectivity index (χ4v) is 3.57. The van der Waals surface area contributed by atoms with Crippen LogP contribution in [0.1, 0.15) is 35.1 Å². The van der Waals surface area contributed by atoms with Gasteiger partial charge in [0, 0.05) is 11.4 Å². The Morgan fingerprint density at radius 2 is 1.89 bits per heavy atom. The average molecular weight is 401 g/mol. The molecule has 1 N–H and O–H groups in total. The molecule has 1 aliphatic rings. The van der Waals surface area contributed by atoms with Crippen LogP contribution in [0.2, 0.25) is 5.02 Å². The highest BCUT2D eigenvalue weighted by Crippen LogP contribution is 2.30. The lowest BCUT2D eigenvalue weighted by atomic mass is 9.96. The Hall–Kier alpha value is -2.30. The highest BCUT2D eigenvalue weighted by molar-refractivity contribution is 6.30. The lowest BCUT2D eigenvalue weighted by molar-refractivity contribution is -0.136. The van der Waals surface area contributed by atoms with Crippen molar-refractivity contribution < 1.29 is 19.4 Å². The summed E-state index contributed by atoms with van der Waals surface area (Å²) < 4.78 is 11.8. The second-order valence-corrected chi connectivity index (χ2v) is 7.48. The second kappa shape index (κ2) is 9.26. The summed E-state index contributed by atoms with van der Waals surface area (Å²) in [5.41, 5.74) is 6.74. The maximum absolute atomic E-state index is 10.8. The molecule has 0 aromatic heterocycles. The topological polar surface area (TPSA) is 55.8 Å². The van der Waals surface area contributed by atoms with Crippen molar-refractivity contribution in [3.05, 3.63) is 69.2 Å². The van der Waals surface area contributed by atoms with E-state index in [1.807, 2.05) is 50.2 Å². The predicted molar refractivity (Wildman–Crippen MR) is 111 cm³/mol. The number of hydrogen-bond acceptors (Lipinski definition) is 3. The van der Waals surface area contributed by atoms with E-state index in [1.54, 1.807) is 0 Å². The Balaban J connectivity index is 1.77. The van der Waals surface area contributed by atoms with E-state index in [1.165, 1.54) is 5.57 Å². The molecular weight excluding hydrogens is 376 g/mol. The third kappa shape index (κ3) is 4.94. The minimum atomic E-state index is -0.781. The van der Waals surface area contributed by atoms with Crippen LogP contribution in [-0.2, 0) is 16.0 Å². The number of carboxylic acid groups (broad SMARTS) is 1. The highest BCUT2D eigenvalue weighted by Gasteiger charge is 2.16. The molecule has 0 unspecified atom stereocenters. The molecule has 0 fully saturated rings. The zero-order valence-corrected chi connectivity index (χ0v) is 17.0. The van der Waals surface area contributed by atoms with Crippen molar-refractivity contribution in [3.63, 3.8) is 0 Å². The summed E-state index contributed by atoms with van der Waals surface area (Å²) in [6, 6.07) is 11.8. The van der Waals surface area contributed by atoms with Gasteiger partial charge in [0.15, 0.2) is 0 Å². The Morgan fingerprint density at radius 3 is 2.61 bits per heavy atom. The van der Waals surface area contributed by atoms with Gasteiger partial charge in [0.2, 0.25) is 0 Å². The Morgan fingerprint density at radius 1 is 1.14 bits per heavy atom. The molecule has 4 nitrogen and oxygen atoms in total. The van der Waals surface area contributed by atoms with Crippen LogP contribution in [0.5, 0.6) is 5.75 Å². The maximum Gasteiger partial charge on any atom is 0.303 e. The second-order valence-electron chi connectivity index (χ2n) is 7.05. The third-order valence-corrected chi connectivity index (χ3v) is 5.50. The summed E-state index contributed by atoms with van der Waals surface area (Å²) >= 11 is 6.01. The summed E-state index contributed by atoms with van der Waals surface area (Å²) in [5, 5.41) is 9.63. The third-order valence-electron chi connectivity index (χ3n) is 5.25. The van der Waals surface area contributed by atoms with Crippen LogP contribution in [0.25, 0.3) is 5.57 Å². The summed E-state index contributed by atoms with van der Waals surface area (Å²) in [4.78, 5) is 10.8. The minimum absolute atomic E-state index is 0.134. The monoisotopic (exact) mass is 400 g/mol. The van der Waals surface area contributed by atoms with Crippen LogP contribution in [0, 0.1) is 13.8 Å². The molecule has 1 heterocycles. The summed E-state index contributed by atoms with van der Waals surface area (Å²) in [5.74, 6) is 0.0430. The summed E-state index contributed by atoms with van der Waals surface area (Å²) in [7, 11) is 0. The van der Waals surface area contributed by atoms with Gasteiger partial charge in [-0.25, -0.2) is 0 Å². The van der Waals surface area contributed by atoms with Gasteiger partial charge in [-0.3, -0.25) is 4.79 Å². The van der Waals surface area contributed by atoms with Crippen molar-refractivity contribution in [2.75, 3.05) is 19.8 Å². The Labute approximate surface area is 170 Å². The Bertz CT molecular complexity index is 884. The summed E-state index contributed by atoms with van der Waals surface area (Å²) in [6.45, 7) is 5.76. The van der Waals surface area contributed by atoms with Gasteiger partial charge >= 0.3 is 5.97 Å². The molecule has 3 rings (SSSR count). The van der Waals surface area contributed by atoms with Gasteiger partial charge in [0.25, 0.3) is 0 Å². The fraction of sp³-hybridized carbons (Fsp3) is 0.348. The van der Waals surface area contributed by atoms with E-state index in [0.717, 1.165) is 45.0 Å². The van der Waals surface area contributed by atoms with E-state index >= 15 is 0 Å². The molecule has 5 heteroatoms. The molecule has 2 aromatic rings. The van der Waals surface area contributed by atoms with Crippen LogP contribution in [0.3, 0.4) is 0 Å². The number of carboxylic acids is 1. The van der Waals surface area contributed by atoms with Crippen molar-refractivity contribution in [1.29, 1.82) is 0 Å². The lowest BCUT2D eigenvalue weighted by Crippen LogP contribution is -2.16. The van der Waals surface area contributed by atoms with Gasteiger partial charge in [-0.15, -0.1) is 0 Å². The number of hydrogen-bond donors (Lipinski definition) is 1. The highest BCUT2D eigenvalue weighted by atomic mass is 35.5. The summed E-state index contributed by atoms with van der Waals surface area (Å²) in [6.07, 6.45) is 1.52. The smallest absolute Gasteiger partial charge is 0.303 e. The van der Waals surface area contributed by atoms with Gasteiger partial charge in [0.1, 0.15) is 12.4 Å². The van der Waals surface area contributed by atoms with Crippen LogP contribution in [0.15, 0.2) is 42.0 Å². The first kappa shape index (κ1) is 20.4. The van der Waals surface area contributed by atoms with E-state index < -0.39 is 5.97 Å². The SMILES string of the molecule is Cc1c(CCC(=O)O)ccc(OCC2=C(c3ccc(Cl)cc3)CCOC2)c1C. The number of rotatable bonds is 7. The van der Waals surface area contributed by atoms with E-state index in [2.05, 4.69) is 0 Å². The fourth-order valence-electron chi connectivity index (χ4n) is 3.45. The predicted octanol–water partition coefficient (Wildman–Crippen LogP) is 5.23. The molecule has 0 saturated heterocycles. The molecule has 0 bridgehead atoms. The zero-order valence-electron chi connectivity index (χ0n) is 16.3. The van der Waals surface area contributed by atoms with Gasteiger partial charge in [-0.2, -0.15) is 0 Å². The van der Waals surface area contributed by atoms with Gasteiger partial charge in [-0.1, -0.05) is 29.8 Å². The molecule has 0 amide bonds. The lowest BCUT2D eigenvalue weighted by Gasteiger charge is -2.22. The first-order chi connectivity index (χ1) is 13.5. The number of ether oxygens (including phenoxy) is 2. The first-order valence-corrected chi connectivity index (χ1v) is 9.81. The van der Waals surface area contributed by atoms with Crippen LogP contribution in [0.4, 0.5) is 0 Å². The van der Waals surface area contributed by atoms with Crippen LogP contribution in [-0.4, -0.2) is 30.9 Å². The van der Waals surface area contributed by atoms with Crippen molar-refractivity contribution in [1.82, 2.24) is 0 Å². The molecule has 148 valence electrons. The van der Waals surface area contributed by atoms with Crippen molar-refractivity contribution >= 4 is 23.1 Å². The normalized spacial score (nSPS) is 14.2. The number of aryl methyl sites for hydroxylation is 1.